The number of rotatable bonds is 5. The normalized spacial score (nSPS) is 22.3. The number of ether oxygens (including phenoxy) is 2. The molecule has 4 heterocycles. The van der Waals surface area contributed by atoms with Crippen molar-refractivity contribution in [3.05, 3.63) is 47.2 Å². The second kappa shape index (κ2) is 7.54. The van der Waals surface area contributed by atoms with Crippen LogP contribution in [0, 0.1) is 0 Å². The van der Waals surface area contributed by atoms with E-state index in [0.29, 0.717) is 12.7 Å². The average Bonchev–Trinajstić information content (AvgIpc) is 3.48. The topological polar surface area (TPSA) is 66.3 Å². The third-order valence-electron chi connectivity index (χ3n) is 5.65. The molecule has 2 aromatic heterocycles. The zero-order valence-corrected chi connectivity index (χ0v) is 16.6. The minimum Gasteiger partial charge on any atom is -0.454 e. The molecule has 0 spiro atoms. The second-order valence-corrected chi connectivity index (χ2v) is 8.36. The first-order chi connectivity index (χ1) is 13.8. The lowest BCUT2D eigenvalue weighted by Gasteiger charge is -2.32. The van der Waals surface area contributed by atoms with Gasteiger partial charge in [0.1, 0.15) is 32.7 Å². The number of fused-ring (bicyclic) bond motifs is 1. The molecule has 0 bridgehead atoms. The number of hydrogen-bond donors (Lipinski definition) is 2. The van der Waals surface area contributed by atoms with Crippen molar-refractivity contribution in [1.82, 2.24) is 10.2 Å². The van der Waals surface area contributed by atoms with E-state index in [-0.39, 0.29) is 6.04 Å². The van der Waals surface area contributed by atoms with E-state index in [1.807, 2.05) is 23.6 Å². The summed E-state index contributed by atoms with van der Waals surface area (Å²) in [6.45, 7) is 7.97. The first kappa shape index (κ1) is 17.7. The van der Waals surface area contributed by atoms with Crippen molar-refractivity contribution in [3.8, 4) is 22.3 Å². The summed E-state index contributed by atoms with van der Waals surface area (Å²) in [5.41, 5.74) is 1.30. The Hall–Kier alpha value is -2.42. The van der Waals surface area contributed by atoms with Gasteiger partial charge >= 0.3 is 0 Å². The Morgan fingerprint density at radius 3 is 2.75 bits per heavy atom. The maximum atomic E-state index is 5.94. The lowest BCUT2D eigenvalue weighted by atomic mass is 10.1. The summed E-state index contributed by atoms with van der Waals surface area (Å²) < 4.78 is 16.8. The molecular formula is C20H24N4O3S+2. The molecule has 0 unspecified atom stereocenters. The molecule has 2 N–H and O–H groups in total. The fourth-order valence-corrected chi connectivity index (χ4v) is 4.60. The predicted molar refractivity (Wildman–Crippen MR) is 104 cm³/mol. The van der Waals surface area contributed by atoms with Gasteiger partial charge in [0.25, 0.3) is 11.8 Å². The summed E-state index contributed by atoms with van der Waals surface area (Å²) in [5.74, 6) is 3.08. The van der Waals surface area contributed by atoms with Gasteiger partial charge in [0.05, 0.1) is 4.88 Å². The molecule has 1 fully saturated rings. The van der Waals surface area contributed by atoms with Gasteiger partial charge in [0, 0.05) is 5.56 Å². The summed E-state index contributed by atoms with van der Waals surface area (Å²) in [6.07, 6.45) is 0. The smallest absolute Gasteiger partial charge is 0.274 e. The summed E-state index contributed by atoms with van der Waals surface area (Å²) >= 11 is 1.62. The minimum absolute atomic E-state index is 0.216. The number of piperazine rings is 1. The molecule has 0 saturated carbocycles. The molecule has 28 heavy (non-hydrogen) atoms. The van der Waals surface area contributed by atoms with E-state index < -0.39 is 0 Å². The van der Waals surface area contributed by atoms with Crippen LogP contribution in [0.5, 0.6) is 11.5 Å². The summed E-state index contributed by atoms with van der Waals surface area (Å²) in [4.78, 5) is 4.13. The van der Waals surface area contributed by atoms with E-state index in [1.165, 1.54) is 10.5 Å². The third kappa shape index (κ3) is 3.50. The number of aromatic nitrogens is 2. The van der Waals surface area contributed by atoms with E-state index in [0.717, 1.165) is 55.0 Å². The Labute approximate surface area is 167 Å². The van der Waals surface area contributed by atoms with Crippen molar-refractivity contribution in [2.45, 2.75) is 19.5 Å². The molecule has 1 aromatic carbocycles. The molecule has 0 radical (unpaired) electrons. The van der Waals surface area contributed by atoms with Crippen molar-refractivity contribution < 1.29 is 23.7 Å². The van der Waals surface area contributed by atoms with E-state index in [1.54, 1.807) is 16.2 Å². The molecule has 0 aliphatic carbocycles. The Morgan fingerprint density at radius 1 is 1.07 bits per heavy atom. The second-order valence-electron chi connectivity index (χ2n) is 7.42. The van der Waals surface area contributed by atoms with Gasteiger partial charge in [-0.2, -0.15) is 0 Å². The standard InChI is InChI=1S/C20H22N4O3S/c1-14(19-21-22-20(27-19)18-3-2-10-28-18)24-8-6-23(7-9-24)12-15-4-5-16-17(11-15)26-13-25-16/h2-5,10-11,14H,6-9,12-13H2,1H3/p+2/t14-/m1/s1. The molecule has 7 nitrogen and oxygen atoms in total. The van der Waals surface area contributed by atoms with Gasteiger partial charge in [0.2, 0.25) is 6.79 Å². The molecular weight excluding hydrogens is 376 g/mol. The van der Waals surface area contributed by atoms with Gasteiger partial charge in [-0.1, -0.05) is 6.07 Å². The first-order valence-corrected chi connectivity index (χ1v) is 10.6. The quantitative estimate of drug-likeness (QED) is 0.656. The number of benzene rings is 1. The van der Waals surface area contributed by atoms with Crippen LogP contribution in [0.25, 0.3) is 10.8 Å². The van der Waals surface area contributed by atoms with Gasteiger partial charge in [-0.25, -0.2) is 0 Å². The zero-order valence-electron chi connectivity index (χ0n) is 15.8. The Balaban J connectivity index is 1.18. The largest absolute Gasteiger partial charge is 0.454 e. The predicted octanol–water partition coefficient (Wildman–Crippen LogP) is 0.571. The first-order valence-electron chi connectivity index (χ1n) is 9.70. The van der Waals surface area contributed by atoms with E-state index in [9.17, 15) is 0 Å². The highest BCUT2D eigenvalue weighted by molar-refractivity contribution is 7.13. The molecule has 2 aliphatic rings. The molecule has 146 valence electrons. The monoisotopic (exact) mass is 400 g/mol. The van der Waals surface area contributed by atoms with Crippen LogP contribution in [0.3, 0.4) is 0 Å². The van der Waals surface area contributed by atoms with Crippen LogP contribution in [0.2, 0.25) is 0 Å². The highest BCUT2D eigenvalue weighted by Gasteiger charge is 2.31. The fraction of sp³-hybridized carbons (Fsp3) is 0.400. The van der Waals surface area contributed by atoms with Crippen molar-refractivity contribution in [2.24, 2.45) is 0 Å². The number of quaternary nitrogens is 2. The van der Waals surface area contributed by atoms with Crippen LogP contribution in [0.4, 0.5) is 0 Å². The van der Waals surface area contributed by atoms with Gasteiger partial charge < -0.3 is 23.7 Å². The van der Waals surface area contributed by atoms with Crippen molar-refractivity contribution in [2.75, 3.05) is 33.0 Å². The van der Waals surface area contributed by atoms with E-state index >= 15 is 0 Å². The van der Waals surface area contributed by atoms with Crippen molar-refractivity contribution >= 4 is 11.3 Å². The van der Waals surface area contributed by atoms with Crippen molar-refractivity contribution in [3.63, 3.8) is 0 Å². The van der Waals surface area contributed by atoms with Gasteiger partial charge in [-0.05, 0) is 36.6 Å². The lowest BCUT2D eigenvalue weighted by molar-refractivity contribution is -1.03. The minimum atomic E-state index is 0.216. The average molecular weight is 401 g/mol. The highest BCUT2D eigenvalue weighted by Crippen LogP contribution is 2.32. The summed E-state index contributed by atoms with van der Waals surface area (Å²) in [7, 11) is 0. The molecule has 0 amide bonds. The Kier molecular flexibility index (Phi) is 4.76. The van der Waals surface area contributed by atoms with Crippen LogP contribution in [0.15, 0.2) is 40.1 Å². The van der Waals surface area contributed by atoms with Crippen LogP contribution in [-0.4, -0.2) is 43.2 Å². The van der Waals surface area contributed by atoms with Crippen LogP contribution >= 0.6 is 11.3 Å². The highest BCUT2D eigenvalue weighted by atomic mass is 32.1. The maximum absolute atomic E-state index is 5.94. The zero-order chi connectivity index (χ0) is 18.9. The molecule has 2 aliphatic heterocycles. The fourth-order valence-electron chi connectivity index (χ4n) is 3.96. The molecule has 8 heteroatoms. The number of thiophene rings is 1. The summed E-state index contributed by atoms with van der Waals surface area (Å²) in [5, 5.41) is 10.6. The van der Waals surface area contributed by atoms with Crippen LogP contribution in [0.1, 0.15) is 24.4 Å². The van der Waals surface area contributed by atoms with Gasteiger partial charge in [0.15, 0.2) is 17.5 Å². The van der Waals surface area contributed by atoms with E-state index in [2.05, 4.69) is 29.3 Å². The number of hydrogen-bond acceptors (Lipinski definition) is 6. The number of nitrogens with zero attached hydrogens (tertiary/aromatic N) is 2. The maximum Gasteiger partial charge on any atom is 0.274 e. The molecule has 3 aromatic rings. The molecule has 5 rings (SSSR count). The Morgan fingerprint density at radius 2 is 1.93 bits per heavy atom. The van der Waals surface area contributed by atoms with Crippen LogP contribution in [-0.2, 0) is 6.54 Å². The molecule has 1 atom stereocenters. The SMILES string of the molecule is C[C@H](c1nnc(-c2cccs2)o1)[NH+]1CC[NH+](Cc2ccc3c(c2)OCO3)CC1. The van der Waals surface area contributed by atoms with Gasteiger partial charge in [-0.3, -0.25) is 0 Å². The van der Waals surface area contributed by atoms with Crippen LogP contribution < -0.4 is 19.3 Å². The Bertz CT molecular complexity index is 935. The lowest BCUT2D eigenvalue weighted by Crippen LogP contribution is -3.27. The summed E-state index contributed by atoms with van der Waals surface area (Å²) in [6, 6.07) is 10.5. The molecule has 1 saturated heterocycles. The third-order valence-corrected chi connectivity index (χ3v) is 6.50. The van der Waals surface area contributed by atoms with Crippen molar-refractivity contribution in [1.29, 1.82) is 0 Å². The number of nitrogens with one attached hydrogen (secondary N) is 2. The van der Waals surface area contributed by atoms with Gasteiger partial charge in [-0.15, -0.1) is 21.5 Å². The van der Waals surface area contributed by atoms with E-state index in [4.69, 9.17) is 13.9 Å².